The zero-order valence-corrected chi connectivity index (χ0v) is 43.1. The van der Waals surface area contributed by atoms with Gasteiger partial charge in [-0.05, 0) is 117 Å². The van der Waals surface area contributed by atoms with Crippen LogP contribution < -0.4 is 24.5 Å². The summed E-state index contributed by atoms with van der Waals surface area (Å²) in [5, 5.41) is 8.24. The van der Waals surface area contributed by atoms with E-state index < -0.39 is 0 Å². The van der Waals surface area contributed by atoms with Gasteiger partial charge in [-0.1, -0.05) is 179 Å². The minimum Gasteiger partial charge on any atom is -0.336 e. The van der Waals surface area contributed by atoms with Gasteiger partial charge >= 0.3 is 0 Å². The lowest BCUT2D eigenvalue weighted by Crippen LogP contribution is -2.32. The van der Waals surface area contributed by atoms with Crippen molar-refractivity contribution in [1.82, 2.24) is 0 Å². The number of para-hydroxylation sites is 7. The molecule has 0 fully saturated rings. The number of nitrogens with zero attached hydrogens (tertiary/aromatic N) is 7. The summed E-state index contributed by atoms with van der Waals surface area (Å²) in [5.74, 6) is 0.857. The van der Waals surface area contributed by atoms with Crippen molar-refractivity contribution < 1.29 is 0 Å². The van der Waals surface area contributed by atoms with Gasteiger partial charge in [-0.15, -0.1) is 5.10 Å². The first-order chi connectivity index (χ1) is 35.6. The van der Waals surface area contributed by atoms with Crippen LogP contribution in [0.3, 0.4) is 0 Å². The van der Waals surface area contributed by atoms with Gasteiger partial charge in [0, 0.05) is 61.7 Å². The van der Waals surface area contributed by atoms with E-state index in [0.717, 1.165) is 77.3 Å². The fourth-order valence-electron chi connectivity index (χ4n) is 8.67. The highest BCUT2D eigenvalue weighted by Gasteiger charge is 2.30. The number of benzene rings is 5. The first kappa shape index (κ1) is 52.9. The molecule has 0 radical (unpaired) electrons. The van der Waals surface area contributed by atoms with Gasteiger partial charge in [-0.3, -0.25) is 0 Å². The number of hydrogen-bond donors (Lipinski definition) is 0. The molecule has 0 spiro atoms. The summed E-state index contributed by atoms with van der Waals surface area (Å²) in [4.78, 5) is 11.4. The lowest BCUT2D eigenvalue weighted by atomic mass is 10.0. The van der Waals surface area contributed by atoms with Crippen LogP contribution in [0.1, 0.15) is 53.9 Å². The number of fused-ring (bicyclic) bond motifs is 2. The molecule has 72 heavy (non-hydrogen) atoms. The molecule has 5 aromatic rings. The number of rotatable bonds is 10. The third-order valence-electron chi connectivity index (χ3n) is 11.9. The van der Waals surface area contributed by atoms with E-state index in [9.17, 15) is 0 Å². The molecule has 366 valence electrons. The highest BCUT2D eigenvalue weighted by Crippen LogP contribution is 2.46. The summed E-state index contributed by atoms with van der Waals surface area (Å²) in [6.45, 7) is 19.4. The van der Waals surface area contributed by atoms with Gasteiger partial charge in [-0.2, -0.15) is 5.10 Å². The Morgan fingerprint density at radius 2 is 1.12 bits per heavy atom. The van der Waals surface area contributed by atoms with Crippen molar-refractivity contribution in [3.05, 3.63) is 272 Å². The van der Waals surface area contributed by atoms with Gasteiger partial charge in [0.1, 0.15) is 5.84 Å². The van der Waals surface area contributed by atoms with Crippen molar-refractivity contribution >= 4 is 52.4 Å². The Balaban J connectivity index is 0.000000232. The molecule has 5 aromatic carbocycles. The van der Waals surface area contributed by atoms with Crippen LogP contribution in [0, 0.1) is 0 Å². The van der Waals surface area contributed by atoms with Gasteiger partial charge in [0.25, 0.3) is 0 Å². The van der Waals surface area contributed by atoms with Gasteiger partial charge in [0.15, 0.2) is 0 Å². The molecule has 7 nitrogen and oxygen atoms in total. The number of allylic oxidation sites excluding steroid dienone is 14. The fourth-order valence-corrected chi connectivity index (χ4v) is 8.67. The molecule has 0 aromatic heterocycles. The molecule has 0 unspecified atom stereocenters. The van der Waals surface area contributed by atoms with Gasteiger partial charge in [0.2, 0.25) is 0 Å². The minimum atomic E-state index is 0.682. The number of hydrogen-bond acceptors (Lipinski definition) is 6. The van der Waals surface area contributed by atoms with Crippen LogP contribution in [0.2, 0.25) is 0 Å². The molecular weight excluding hydrogens is 879 g/mol. The summed E-state index contributed by atoms with van der Waals surface area (Å²) >= 11 is 0. The van der Waals surface area contributed by atoms with Crippen molar-refractivity contribution in [2.45, 2.75) is 53.9 Å². The third-order valence-corrected chi connectivity index (χ3v) is 11.9. The van der Waals surface area contributed by atoms with E-state index in [0.29, 0.717) is 6.42 Å². The van der Waals surface area contributed by atoms with Crippen LogP contribution in [0.4, 0.5) is 39.8 Å². The Morgan fingerprint density at radius 3 is 1.75 bits per heavy atom. The second kappa shape index (κ2) is 28.3. The fraction of sp³-hybridized carbons (Fsp3) is 0.169. The maximum absolute atomic E-state index is 4.38. The SMILES string of the molecule is C=CC1=C(/C=C\C)N(c2ccccc2)c2ccccc2N1C1=CC=CCC=C1.C=N/N=C(/CC1=CC=C(N2C/C=C\C=C/CN(c3ccccc3)c3ccccc32)C=CC1)N(C)c1ccccc1.CC.CC. The topological polar surface area (TPSA) is 40.9 Å². The number of amidine groups is 1. The third kappa shape index (κ3) is 13.3. The van der Waals surface area contributed by atoms with E-state index in [2.05, 4.69) is 261 Å². The summed E-state index contributed by atoms with van der Waals surface area (Å²) < 4.78 is 0. The molecular formula is C65H71N7. The lowest BCUT2D eigenvalue weighted by Gasteiger charge is -2.41. The van der Waals surface area contributed by atoms with Crippen molar-refractivity contribution in [3.8, 4) is 0 Å². The predicted octanol–water partition coefficient (Wildman–Crippen LogP) is 17.1. The Hall–Kier alpha value is -8.42. The molecule has 0 atom stereocenters. The number of anilines is 7. The molecule has 0 N–H and O–H groups in total. The van der Waals surface area contributed by atoms with Crippen LogP contribution in [-0.4, -0.2) is 32.7 Å². The Labute approximate surface area is 430 Å². The van der Waals surface area contributed by atoms with E-state index in [1.54, 1.807) is 0 Å². The minimum absolute atomic E-state index is 0.682. The summed E-state index contributed by atoms with van der Waals surface area (Å²) in [7, 11) is 2.02. The zero-order valence-electron chi connectivity index (χ0n) is 43.1. The van der Waals surface area contributed by atoms with E-state index >= 15 is 0 Å². The molecule has 2 aliphatic carbocycles. The predicted molar refractivity (Wildman–Crippen MR) is 315 cm³/mol. The van der Waals surface area contributed by atoms with Crippen molar-refractivity contribution in [2.24, 2.45) is 10.2 Å². The molecule has 2 heterocycles. The second-order valence-corrected chi connectivity index (χ2v) is 16.3. The van der Waals surface area contributed by atoms with Crippen LogP contribution in [0.15, 0.2) is 282 Å². The lowest BCUT2D eigenvalue weighted by molar-refractivity contribution is 1.01. The van der Waals surface area contributed by atoms with Crippen molar-refractivity contribution in [3.63, 3.8) is 0 Å². The average molecular weight is 950 g/mol. The van der Waals surface area contributed by atoms with E-state index in [4.69, 9.17) is 0 Å². The van der Waals surface area contributed by atoms with E-state index in [1.165, 1.54) is 22.6 Å². The van der Waals surface area contributed by atoms with E-state index in [1.807, 2.05) is 65.1 Å². The van der Waals surface area contributed by atoms with Gasteiger partial charge in [-0.25, -0.2) is 0 Å². The Kier molecular flexibility index (Phi) is 20.8. The molecule has 7 heteroatoms. The highest BCUT2D eigenvalue weighted by molar-refractivity contribution is 5.99. The van der Waals surface area contributed by atoms with Crippen molar-refractivity contribution in [1.29, 1.82) is 0 Å². The van der Waals surface area contributed by atoms with Crippen LogP contribution in [0.5, 0.6) is 0 Å². The molecule has 0 amide bonds. The zero-order chi connectivity index (χ0) is 50.9. The normalized spacial score (nSPS) is 16.0. The molecule has 4 aliphatic rings. The maximum atomic E-state index is 4.38. The van der Waals surface area contributed by atoms with Crippen LogP contribution in [0.25, 0.3) is 0 Å². The largest absolute Gasteiger partial charge is 0.336 e. The van der Waals surface area contributed by atoms with Crippen LogP contribution >= 0.6 is 0 Å². The average Bonchev–Trinajstić information content (AvgIpc) is 3.87. The quantitative estimate of drug-likeness (QED) is 0.0793. The van der Waals surface area contributed by atoms with Gasteiger partial charge in [0.05, 0.1) is 34.1 Å². The standard InChI is InChI=1S/C35H35N5.C26H24N2.2C2H6/c1-36-37-35(38(2)30-17-7-5-8-18-30)28-29-16-15-21-32(25-24-29)40-27-14-4-3-13-26-39(31-19-9-6-10-20-31)33-22-11-12-23-34(33)40;1-3-14-24-23(4-2)27(21-15-8-5-6-9-16-21)25-19-12-13-20-26(25)28(24)22-17-10-7-11-18-22;2*1-2/h3-15,17-25H,1,16,26-28H2,2H3;3-5,7-20H,2,6H2,1H3;2*1-2H3/b13-3-,14-4-,37-35-;14-3-;;. The highest BCUT2D eigenvalue weighted by atomic mass is 15.3. The van der Waals surface area contributed by atoms with E-state index in [-0.39, 0.29) is 0 Å². The molecule has 2 aliphatic heterocycles. The molecule has 9 rings (SSSR count). The second-order valence-electron chi connectivity index (χ2n) is 16.3. The Bertz CT molecular complexity index is 2890. The monoisotopic (exact) mass is 950 g/mol. The summed E-state index contributed by atoms with van der Waals surface area (Å²) in [5.41, 5.74) is 13.7. The summed E-state index contributed by atoms with van der Waals surface area (Å²) in [6, 6.07) is 48.5. The van der Waals surface area contributed by atoms with Gasteiger partial charge < -0.3 is 24.5 Å². The molecule has 0 bridgehead atoms. The molecule has 0 saturated carbocycles. The summed E-state index contributed by atoms with van der Waals surface area (Å²) in [6.07, 6.45) is 37.1. The van der Waals surface area contributed by atoms with Crippen LogP contribution in [-0.2, 0) is 0 Å². The Morgan fingerprint density at radius 1 is 0.569 bits per heavy atom. The molecule has 0 saturated heterocycles. The first-order valence-corrected chi connectivity index (χ1v) is 25.2. The first-order valence-electron chi connectivity index (χ1n) is 25.2. The maximum Gasteiger partial charge on any atom is 0.135 e. The van der Waals surface area contributed by atoms with Crippen molar-refractivity contribution in [2.75, 3.05) is 44.6 Å². The smallest absolute Gasteiger partial charge is 0.135 e.